The van der Waals surface area contributed by atoms with Crippen molar-refractivity contribution in [1.82, 2.24) is 5.32 Å². The molecule has 0 aliphatic carbocycles. The van der Waals surface area contributed by atoms with E-state index in [0.717, 1.165) is 12.8 Å². The second-order valence-electron chi connectivity index (χ2n) is 3.64. The highest BCUT2D eigenvalue weighted by molar-refractivity contribution is 7.07. The van der Waals surface area contributed by atoms with Crippen molar-refractivity contribution in [2.75, 3.05) is 6.54 Å². The molecule has 0 saturated heterocycles. The molecule has 0 aliphatic rings. The second-order valence-corrected chi connectivity index (χ2v) is 4.42. The van der Waals surface area contributed by atoms with E-state index < -0.39 is 5.92 Å². The Labute approximate surface area is 100 Å². The zero-order valence-corrected chi connectivity index (χ0v) is 10.2. The Morgan fingerprint density at radius 2 is 2.50 bits per heavy atom. The normalized spacial score (nSPS) is 11.8. The molecule has 16 heavy (non-hydrogen) atoms. The molecule has 1 unspecified atom stereocenters. The maximum atomic E-state index is 11.6. The molecule has 1 amide bonds. The van der Waals surface area contributed by atoms with E-state index in [1.807, 2.05) is 24.4 Å². The highest BCUT2D eigenvalue weighted by Gasteiger charge is 2.15. The number of carbonyl (C=O) groups excluding carboxylic acids is 1. The predicted molar refractivity (Wildman–Crippen MR) is 65.0 cm³/mol. The van der Waals surface area contributed by atoms with E-state index in [4.69, 9.17) is 5.26 Å². The van der Waals surface area contributed by atoms with Gasteiger partial charge in [-0.1, -0.05) is 13.3 Å². The molecule has 4 heteroatoms. The van der Waals surface area contributed by atoms with Crippen molar-refractivity contribution in [3.8, 4) is 6.07 Å². The summed E-state index contributed by atoms with van der Waals surface area (Å²) in [6.45, 7) is 2.58. The molecular formula is C12H16N2OS. The number of nitriles is 1. The molecular weight excluding hydrogens is 220 g/mol. The Morgan fingerprint density at radius 3 is 3.06 bits per heavy atom. The van der Waals surface area contributed by atoms with Crippen LogP contribution < -0.4 is 5.32 Å². The van der Waals surface area contributed by atoms with Gasteiger partial charge < -0.3 is 5.32 Å². The summed E-state index contributed by atoms with van der Waals surface area (Å²) < 4.78 is 0. The molecule has 1 heterocycles. The average Bonchev–Trinajstić information content (AvgIpc) is 2.78. The van der Waals surface area contributed by atoms with Crippen LogP contribution in [0.15, 0.2) is 16.8 Å². The zero-order chi connectivity index (χ0) is 11.8. The number of carbonyl (C=O) groups is 1. The minimum atomic E-state index is -0.493. The van der Waals surface area contributed by atoms with Crippen LogP contribution in [0.5, 0.6) is 0 Å². The maximum absolute atomic E-state index is 11.6. The maximum Gasteiger partial charge on any atom is 0.237 e. The molecule has 1 aromatic rings. The number of nitrogens with zero attached hydrogens (tertiary/aromatic N) is 1. The number of amides is 1. The number of hydrogen-bond acceptors (Lipinski definition) is 3. The summed E-state index contributed by atoms with van der Waals surface area (Å²) in [5, 5.41) is 15.7. The largest absolute Gasteiger partial charge is 0.355 e. The smallest absolute Gasteiger partial charge is 0.237 e. The Balaban J connectivity index is 2.27. The minimum absolute atomic E-state index is 0.139. The van der Waals surface area contributed by atoms with Crippen LogP contribution in [0, 0.1) is 17.2 Å². The van der Waals surface area contributed by atoms with Gasteiger partial charge in [-0.05, 0) is 35.2 Å². The first-order valence-corrected chi connectivity index (χ1v) is 6.40. The molecule has 0 saturated carbocycles. The molecule has 0 bridgehead atoms. The lowest BCUT2D eigenvalue weighted by Gasteiger charge is -2.08. The molecule has 1 rings (SSSR count). The Morgan fingerprint density at radius 1 is 1.69 bits per heavy atom. The van der Waals surface area contributed by atoms with Gasteiger partial charge in [-0.3, -0.25) is 4.79 Å². The minimum Gasteiger partial charge on any atom is -0.355 e. The van der Waals surface area contributed by atoms with E-state index in [1.165, 1.54) is 5.56 Å². The van der Waals surface area contributed by atoms with Crippen LogP contribution in [0.4, 0.5) is 0 Å². The lowest BCUT2D eigenvalue weighted by Crippen LogP contribution is -2.31. The summed E-state index contributed by atoms with van der Waals surface area (Å²) in [5.74, 6) is -0.632. The van der Waals surface area contributed by atoms with Gasteiger partial charge in [0.05, 0.1) is 6.07 Å². The number of rotatable bonds is 6. The van der Waals surface area contributed by atoms with Crippen LogP contribution in [0.2, 0.25) is 0 Å². The lowest BCUT2D eigenvalue weighted by molar-refractivity contribution is -0.123. The van der Waals surface area contributed by atoms with Crippen molar-refractivity contribution in [2.24, 2.45) is 5.92 Å². The Hall–Kier alpha value is -1.34. The summed E-state index contributed by atoms with van der Waals surface area (Å²) >= 11 is 1.65. The van der Waals surface area contributed by atoms with Gasteiger partial charge in [0.25, 0.3) is 0 Å². The van der Waals surface area contributed by atoms with Gasteiger partial charge in [0.1, 0.15) is 5.92 Å². The van der Waals surface area contributed by atoms with Gasteiger partial charge in [-0.2, -0.15) is 16.6 Å². The standard InChI is InChI=1S/C12H16N2OS/c1-2-3-11(8-13)12(15)14-6-4-10-5-7-16-9-10/h5,7,9,11H,2-4,6H2,1H3,(H,14,15). The molecule has 0 spiro atoms. The SMILES string of the molecule is CCCC(C#N)C(=O)NCCc1ccsc1. The molecule has 0 fully saturated rings. The van der Waals surface area contributed by atoms with Crippen molar-refractivity contribution < 1.29 is 4.79 Å². The topological polar surface area (TPSA) is 52.9 Å². The van der Waals surface area contributed by atoms with E-state index in [-0.39, 0.29) is 5.91 Å². The fourth-order valence-electron chi connectivity index (χ4n) is 1.43. The van der Waals surface area contributed by atoms with Crippen LogP contribution in [0.25, 0.3) is 0 Å². The molecule has 1 aromatic heterocycles. The van der Waals surface area contributed by atoms with Gasteiger partial charge in [-0.15, -0.1) is 0 Å². The van der Waals surface area contributed by atoms with Gasteiger partial charge in [0, 0.05) is 6.54 Å². The first-order valence-electron chi connectivity index (χ1n) is 5.46. The Kier molecular flexibility index (Phi) is 5.58. The lowest BCUT2D eigenvalue weighted by atomic mass is 10.0. The number of thiophene rings is 1. The first kappa shape index (κ1) is 12.7. The third-order valence-electron chi connectivity index (χ3n) is 2.34. The van der Waals surface area contributed by atoms with Gasteiger partial charge in [0.15, 0.2) is 0 Å². The summed E-state index contributed by atoms with van der Waals surface area (Å²) in [7, 11) is 0. The number of hydrogen-bond donors (Lipinski definition) is 1. The summed E-state index contributed by atoms with van der Waals surface area (Å²) in [4.78, 5) is 11.6. The van der Waals surface area contributed by atoms with Gasteiger partial charge >= 0.3 is 0 Å². The van der Waals surface area contributed by atoms with E-state index >= 15 is 0 Å². The number of nitrogens with one attached hydrogen (secondary N) is 1. The van der Waals surface area contributed by atoms with Crippen molar-refractivity contribution >= 4 is 17.2 Å². The molecule has 1 atom stereocenters. The fourth-order valence-corrected chi connectivity index (χ4v) is 2.13. The average molecular weight is 236 g/mol. The summed E-state index contributed by atoms with van der Waals surface area (Å²) in [6.07, 6.45) is 2.33. The molecule has 3 nitrogen and oxygen atoms in total. The van der Waals surface area contributed by atoms with Crippen LogP contribution in [0.1, 0.15) is 25.3 Å². The predicted octanol–water partition coefficient (Wildman–Crippen LogP) is 2.35. The summed E-state index contributed by atoms with van der Waals surface area (Å²) in [5.41, 5.74) is 1.23. The summed E-state index contributed by atoms with van der Waals surface area (Å²) in [6, 6.07) is 4.08. The molecule has 0 radical (unpaired) electrons. The van der Waals surface area contributed by atoms with Crippen LogP contribution in [-0.2, 0) is 11.2 Å². The third-order valence-corrected chi connectivity index (χ3v) is 3.07. The van der Waals surface area contributed by atoms with Crippen molar-refractivity contribution in [2.45, 2.75) is 26.2 Å². The highest BCUT2D eigenvalue weighted by Crippen LogP contribution is 2.07. The van der Waals surface area contributed by atoms with E-state index in [9.17, 15) is 4.79 Å². The van der Waals surface area contributed by atoms with Gasteiger partial charge in [-0.25, -0.2) is 0 Å². The van der Waals surface area contributed by atoms with Crippen LogP contribution >= 0.6 is 11.3 Å². The first-order chi connectivity index (χ1) is 7.77. The van der Waals surface area contributed by atoms with E-state index in [1.54, 1.807) is 11.3 Å². The zero-order valence-electron chi connectivity index (χ0n) is 9.40. The van der Waals surface area contributed by atoms with E-state index in [0.29, 0.717) is 13.0 Å². The van der Waals surface area contributed by atoms with E-state index in [2.05, 4.69) is 10.7 Å². The quantitative estimate of drug-likeness (QED) is 0.824. The fraction of sp³-hybridized carbons (Fsp3) is 0.500. The second kappa shape index (κ2) is 7.02. The van der Waals surface area contributed by atoms with Crippen LogP contribution in [0.3, 0.4) is 0 Å². The molecule has 0 aromatic carbocycles. The van der Waals surface area contributed by atoms with Crippen molar-refractivity contribution in [1.29, 1.82) is 5.26 Å². The molecule has 0 aliphatic heterocycles. The van der Waals surface area contributed by atoms with Crippen molar-refractivity contribution in [3.05, 3.63) is 22.4 Å². The monoisotopic (exact) mass is 236 g/mol. The Bertz CT molecular complexity index is 354. The molecule has 1 N–H and O–H groups in total. The van der Waals surface area contributed by atoms with Crippen LogP contribution in [-0.4, -0.2) is 12.5 Å². The third kappa shape index (κ3) is 4.03. The van der Waals surface area contributed by atoms with Crippen molar-refractivity contribution in [3.63, 3.8) is 0 Å². The molecule has 86 valence electrons. The highest BCUT2D eigenvalue weighted by atomic mass is 32.1. The van der Waals surface area contributed by atoms with Gasteiger partial charge in [0.2, 0.25) is 5.91 Å².